The van der Waals surface area contributed by atoms with Crippen LogP contribution in [0.2, 0.25) is 0 Å². The number of hydrogen-bond donors (Lipinski definition) is 2. The van der Waals surface area contributed by atoms with E-state index in [1.54, 1.807) is 19.0 Å². The number of ether oxygens (including phenoxy) is 2. The van der Waals surface area contributed by atoms with Crippen LogP contribution in [0.3, 0.4) is 0 Å². The lowest BCUT2D eigenvalue weighted by atomic mass is 10.0. The average molecular weight is 576 g/mol. The van der Waals surface area contributed by atoms with Crippen molar-refractivity contribution in [2.24, 2.45) is 10.9 Å². The number of carbonyl (C=O) groups excluding carboxylic acids is 1. The Labute approximate surface area is 216 Å². The standard InChI is InChI=1S/C24H41N5O3.HI/c1-28(2)23(30)19-27-24(25-13-7-15-29(3)22-9-5-4-6-10-22)26-14-8-16-32-20-21-11-17-31-18-12-21;/h4-6,9-10,21H,7-8,11-20H2,1-3H3,(H2,25,26,27);1H. The highest BCUT2D eigenvalue weighted by molar-refractivity contribution is 14.0. The molecule has 8 nitrogen and oxygen atoms in total. The van der Waals surface area contributed by atoms with Gasteiger partial charge in [0.1, 0.15) is 6.54 Å². The van der Waals surface area contributed by atoms with Gasteiger partial charge in [0.05, 0.1) is 0 Å². The minimum atomic E-state index is -0.0188. The zero-order chi connectivity index (χ0) is 23.0. The Kier molecular flexibility index (Phi) is 15.9. The summed E-state index contributed by atoms with van der Waals surface area (Å²) in [5, 5.41) is 6.68. The van der Waals surface area contributed by atoms with Crippen LogP contribution < -0.4 is 15.5 Å². The van der Waals surface area contributed by atoms with E-state index in [1.165, 1.54) is 5.69 Å². The lowest BCUT2D eigenvalue weighted by molar-refractivity contribution is -0.127. The van der Waals surface area contributed by atoms with Gasteiger partial charge < -0.3 is 29.9 Å². The van der Waals surface area contributed by atoms with Crippen molar-refractivity contribution < 1.29 is 14.3 Å². The van der Waals surface area contributed by atoms with Gasteiger partial charge in [-0.05, 0) is 43.7 Å². The average Bonchev–Trinajstić information content (AvgIpc) is 2.82. The molecule has 0 bridgehead atoms. The SMILES string of the molecule is CN(C)C(=O)CN=C(NCCCOCC1CCOCC1)NCCCN(C)c1ccccc1.I. The van der Waals surface area contributed by atoms with Crippen LogP contribution in [0.5, 0.6) is 0 Å². The molecule has 1 saturated heterocycles. The van der Waals surface area contributed by atoms with Gasteiger partial charge in [0.2, 0.25) is 5.91 Å². The molecule has 33 heavy (non-hydrogen) atoms. The van der Waals surface area contributed by atoms with Crippen molar-refractivity contribution in [2.45, 2.75) is 25.7 Å². The van der Waals surface area contributed by atoms with Gasteiger partial charge in [0, 0.05) is 72.9 Å². The normalized spacial score (nSPS) is 14.3. The predicted octanol–water partition coefficient (Wildman–Crippen LogP) is 2.59. The number of anilines is 1. The molecule has 1 amide bonds. The van der Waals surface area contributed by atoms with Crippen LogP contribution in [0, 0.1) is 5.92 Å². The monoisotopic (exact) mass is 575 g/mol. The minimum absolute atomic E-state index is 0. The summed E-state index contributed by atoms with van der Waals surface area (Å²) in [5.41, 5.74) is 1.21. The molecule has 0 aromatic heterocycles. The first-order valence-corrected chi connectivity index (χ1v) is 11.7. The zero-order valence-electron chi connectivity index (χ0n) is 20.4. The lowest BCUT2D eigenvalue weighted by Crippen LogP contribution is -2.40. The van der Waals surface area contributed by atoms with E-state index < -0.39 is 0 Å². The summed E-state index contributed by atoms with van der Waals surface area (Å²) in [5.74, 6) is 1.28. The summed E-state index contributed by atoms with van der Waals surface area (Å²) >= 11 is 0. The molecular weight excluding hydrogens is 533 g/mol. The number of nitrogens with zero attached hydrogens (tertiary/aromatic N) is 3. The number of rotatable bonds is 13. The molecule has 2 rings (SSSR count). The Morgan fingerprint density at radius 3 is 2.42 bits per heavy atom. The Morgan fingerprint density at radius 2 is 1.76 bits per heavy atom. The van der Waals surface area contributed by atoms with Gasteiger partial charge in [0.25, 0.3) is 0 Å². The number of likely N-dealkylation sites (N-methyl/N-ethyl adjacent to an activating group) is 1. The number of nitrogens with one attached hydrogen (secondary N) is 2. The second-order valence-electron chi connectivity index (χ2n) is 8.40. The highest BCUT2D eigenvalue weighted by atomic mass is 127. The van der Waals surface area contributed by atoms with Crippen LogP contribution in [0.25, 0.3) is 0 Å². The van der Waals surface area contributed by atoms with Gasteiger partial charge in [-0.1, -0.05) is 18.2 Å². The first kappa shape index (κ1) is 29.4. The van der Waals surface area contributed by atoms with Crippen molar-refractivity contribution in [1.82, 2.24) is 15.5 Å². The fourth-order valence-corrected chi connectivity index (χ4v) is 3.34. The highest BCUT2D eigenvalue weighted by Crippen LogP contribution is 2.14. The van der Waals surface area contributed by atoms with E-state index >= 15 is 0 Å². The summed E-state index contributed by atoms with van der Waals surface area (Å²) in [7, 11) is 5.58. The molecule has 0 aliphatic carbocycles. The molecule has 1 aliphatic heterocycles. The summed E-state index contributed by atoms with van der Waals surface area (Å²) in [6, 6.07) is 10.3. The van der Waals surface area contributed by atoms with Gasteiger partial charge in [-0.3, -0.25) is 4.79 Å². The second-order valence-corrected chi connectivity index (χ2v) is 8.40. The van der Waals surface area contributed by atoms with E-state index in [0.29, 0.717) is 11.9 Å². The molecule has 0 unspecified atom stereocenters. The number of carbonyl (C=O) groups is 1. The van der Waals surface area contributed by atoms with E-state index in [-0.39, 0.29) is 36.4 Å². The highest BCUT2D eigenvalue weighted by Gasteiger charge is 2.13. The van der Waals surface area contributed by atoms with Gasteiger partial charge in [-0.15, -0.1) is 24.0 Å². The Hall–Kier alpha value is -1.59. The van der Waals surface area contributed by atoms with Crippen LogP contribution in [0.1, 0.15) is 25.7 Å². The molecule has 1 heterocycles. The molecular formula is C24H42IN5O3. The first-order valence-electron chi connectivity index (χ1n) is 11.7. The zero-order valence-corrected chi connectivity index (χ0v) is 22.8. The van der Waals surface area contributed by atoms with Crippen LogP contribution in [0.15, 0.2) is 35.3 Å². The van der Waals surface area contributed by atoms with E-state index in [2.05, 4.69) is 39.7 Å². The van der Waals surface area contributed by atoms with Crippen molar-refractivity contribution in [3.05, 3.63) is 30.3 Å². The molecule has 188 valence electrons. The van der Waals surface area contributed by atoms with Gasteiger partial charge in [-0.25, -0.2) is 4.99 Å². The lowest BCUT2D eigenvalue weighted by Gasteiger charge is -2.21. The molecule has 2 N–H and O–H groups in total. The fraction of sp³-hybridized carbons (Fsp3) is 0.667. The molecule has 1 aromatic rings. The fourth-order valence-electron chi connectivity index (χ4n) is 3.34. The Morgan fingerprint density at radius 1 is 1.09 bits per heavy atom. The van der Waals surface area contributed by atoms with Crippen molar-refractivity contribution >= 4 is 41.5 Å². The van der Waals surface area contributed by atoms with E-state index in [1.807, 2.05) is 18.2 Å². The molecule has 0 atom stereocenters. The summed E-state index contributed by atoms with van der Waals surface area (Å²) in [4.78, 5) is 20.2. The molecule has 1 aromatic carbocycles. The van der Waals surface area contributed by atoms with Crippen LogP contribution in [-0.2, 0) is 14.3 Å². The largest absolute Gasteiger partial charge is 0.381 e. The molecule has 1 aliphatic rings. The maximum atomic E-state index is 11.9. The maximum Gasteiger partial charge on any atom is 0.243 e. The second kappa shape index (κ2) is 17.8. The van der Waals surface area contributed by atoms with Crippen molar-refractivity contribution in [3.8, 4) is 0 Å². The van der Waals surface area contributed by atoms with Crippen molar-refractivity contribution in [3.63, 3.8) is 0 Å². The van der Waals surface area contributed by atoms with E-state index in [9.17, 15) is 4.79 Å². The van der Waals surface area contributed by atoms with Gasteiger partial charge in [-0.2, -0.15) is 0 Å². The topological polar surface area (TPSA) is 78.4 Å². The Bertz CT molecular complexity index is 669. The summed E-state index contributed by atoms with van der Waals surface area (Å²) in [6.45, 7) is 5.83. The number of para-hydroxylation sites is 1. The molecule has 9 heteroatoms. The van der Waals surface area contributed by atoms with Crippen LogP contribution in [0.4, 0.5) is 5.69 Å². The van der Waals surface area contributed by atoms with Gasteiger partial charge in [0.15, 0.2) is 5.96 Å². The van der Waals surface area contributed by atoms with E-state index in [0.717, 1.165) is 71.7 Å². The number of hydrogen-bond acceptors (Lipinski definition) is 5. The number of guanidine groups is 1. The number of amides is 1. The first-order chi connectivity index (χ1) is 15.6. The molecule has 0 spiro atoms. The Balaban J connectivity index is 0.00000544. The smallest absolute Gasteiger partial charge is 0.243 e. The van der Waals surface area contributed by atoms with Crippen molar-refractivity contribution in [1.29, 1.82) is 0 Å². The maximum absolute atomic E-state index is 11.9. The van der Waals surface area contributed by atoms with Crippen LogP contribution in [-0.4, -0.2) is 90.5 Å². The molecule has 0 saturated carbocycles. The van der Waals surface area contributed by atoms with Gasteiger partial charge >= 0.3 is 0 Å². The number of benzene rings is 1. The number of halogens is 1. The third kappa shape index (κ3) is 13.0. The third-order valence-electron chi connectivity index (χ3n) is 5.48. The predicted molar refractivity (Wildman–Crippen MR) is 146 cm³/mol. The van der Waals surface area contributed by atoms with E-state index in [4.69, 9.17) is 9.47 Å². The number of aliphatic imine (C=N–C) groups is 1. The summed E-state index contributed by atoms with van der Waals surface area (Å²) in [6.07, 6.45) is 4.04. The molecule has 0 radical (unpaired) electrons. The summed E-state index contributed by atoms with van der Waals surface area (Å²) < 4.78 is 11.2. The quantitative estimate of drug-likeness (QED) is 0.163. The third-order valence-corrected chi connectivity index (χ3v) is 5.48. The minimum Gasteiger partial charge on any atom is -0.381 e. The molecule has 1 fully saturated rings. The van der Waals surface area contributed by atoms with Crippen LogP contribution >= 0.6 is 24.0 Å². The van der Waals surface area contributed by atoms with Crippen molar-refractivity contribution in [2.75, 3.05) is 78.6 Å².